The van der Waals surface area contributed by atoms with Gasteiger partial charge in [0.05, 0.1) is 42.2 Å². The van der Waals surface area contributed by atoms with Crippen LogP contribution in [0.3, 0.4) is 0 Å². The molecule has 4 rings (SSSR count). The first-order valence-corrected chi connectivity index (χ1v) is 11.3. The Hall–Kier alpha value is -3.85. The monoisotopic (exact) mass is 477 g/mol. The Morgan fingerprint density at radius 1 is 1.31 bits per heavy atom. The second-order valence-electron chi connectivity index (χ2n) is 8.01. The van der Waals surface area contributed by atoms with Gasteiger partial charge in [0.2, 0.25) is 0 Å². The number of aldehydes is 1. The Morgan fingerprint density at radius 3 is 2.89 bits per heavy atom. The van der Waals surface area contributed by atoms with E-state index in [1.165, 1.54) is 6.20 Å². The third-order valence-corrected chi connectivity index (χ3v) is 5.76. The standard InChI is InChI=1S/C24H27N7O4/c1-34-9-4-26-20-12-22(27-14-17(20)13-25)29-24(33)19-15-31(6-5-30-7-10-35-11-8-30)21-3-2-18(16-32)28-23(19)21/h2-3,12,14-16H,4-11H2,1H3,(H2,26,27,29,33). The van der Waals surface area contributed by atoms with Crippen molar-refractivity contribution < 1.29 is 19.1 Å². The number of hydrogen-bond acceptors (Lipinski definition) is 9. The van der Waals surface area contributed by atoms with Gasteiger partial charge in [0.1, 0.15) is 23.1 Å². The maximum atomic E-state index is 13.2. The maximum absolute atomic E-state index is 13.2. The Morgan fingerprint density at radius 2 is 2.14 bits per heavy atom. The minimum Gasteiger partial charge on any atom is -0.383 e. The summed E-state index contributed by atoms with van der Waals surface area (Å²) in [5, 5.41) is 15.2. The van der Waals surface area contributed by atoms with E-state index in [0.29, 0.717) is 61.5 Å². The van der Waals surface area contributed by atoms with E-state index >= 15 is 0 Å². The van der Waals surface area contributed by atoms with Crippen LogP contribution in [0.25, 0.3) is 11.0 Å². The molecular weight excluding hydrogens is 450 g/mol. The van der Waals surface area contributed by atoms with Crippen molar-refractivity contribution in [3.63, 3.8) is 0 Å². The summed E-state index contributed by atoms with van der Waals surface area (Å²) in [6.07, 6.45) is 3.81. The number of pyridine rings is 2. The summed E-state index contributed by atoms with van der Waals surface area (Å²) >= 11 is 0. The number of nitriles is 1. The van der Waals surface area contributed by atoms with Crippen molar-refractivity contribution in [2.45, 2.75) is 6.54 Å². The maximum Gasteiger partial charge on any atom is 0.260 e. The molecule has 182 valence electrons. The Bertz CT molecular complexity index is 1240. The molecule has 2 N–H and O–H groups in total. The third kappa shape index (κ3) is 5.81. The van der Waals surface area contributed by atoms with E-state index in [2.05, 4.69) is 31.6 Å². The number of morpholine rings is 1. The van der Waals surface area contributed by atoms with Gasteiger partial charge in [-0.25, -0.2) is 9.97 Å². The van der Waals surface area contributed by atoms with E-state index < -0.39 is 5.91 Å². The Kier molecular flexibility index (Phi) is 7.99. The number of nitrogens with zero attached hydrogens (tertiary/aromatic N) is 5. The molecule has 0 aliphatic carbocycles. The van der Waals surface area contributed by atoms with Crippen LogP contribution in [-0.2, 0) is 16.0 Å². The molecule has 0 spiro atoms. The van der Waals surface area contributed by atoms with Crippen molar-refractivity contribution in [2.75, 3.05) is 63.7 Å². The molecule has 3 aromatic rings. The fourth-order valence-electron chi connectivity index (χ4n) is 3.90. The van der Waals surface area contributed by atoms with Gasteiger partial charge in [-0.05, 0) is 12.1 Å². The molecule has 1 amide bonds. The third-order valence-electron chi connectivity index (χ3n) is 5.76. The number of amides is 1. The number of methoxy groups -OCH3 is 1. The number of rotatable bonds is 10. The minimum absolute atomic E-state index is 0.249. The van der Waals surface area contributed by atoms with Gasteiger partial charge < -0.3 is 24.7 Å². The Balaban J connectivity index is 1.58. The molecule has 0 atom stereocenters. The number of aromatic nitrogens is 3. The highest BCUT2D eigenvalue weighted by molar-refractivity contribution is 6.12. The summed E-state index contributed by atoms with van der Waals surface area (Å²) in [4.78, 5) is 35.5. The average molecular weight is 478 g/mol. The molecule has 0 unspecified atom stereocenters. The first-order valence-electron chi connectivity index (χ1n) is 11.3. The second-order valence-corrected chi connectivity index (χ2v) is 8.01. The largest absolute Gasteiger partial charge is 0.383 e. The average Bonchev–Trinajstić information content (AvgIpc) is 3.26. The molecule has 3 aromatic heterocycles. The van der Waals surface area contributed by atoms with Gasteiger partial charge in [0.15, 0.2) is 6.29 Å². The van der Waals surface area contributed by atoms with Crippen molar-refractivity contribution >= 4 is 34.7 Å². The van der Waals surface area contributed by atoms with E-state index in [-0.39, 0.29) is 11.5 Å². The lowest BCUT2D eigenvalue weighted by atomic mass is 10.2. The van der Waals surface area contributed by atoms with Gasteiger partial charge in [-0.3, -0.25) is 14.5 Å². The van der Waals surface area contributed by atoms with E-state index in [0.717, 1.165) is 25.2 Å². The molecule has 1 aliphatic heterocycles. The molecule has 1 aliphatic rings. The van der Waals surface area contributed by atoms with Crippen LogP contribution in [0.5, 0.6) is 0 Å². The molecule has 1 saturated heterocycles. The highest BCUT2D eigenvalue weighted by atomic mass is 16.5. The summed E-state index contributed by atoms with van der Waals surface area (Å²) in [6.45, 7) is 5.58. The normalized spacial score (nSPS) is 13.9. The van der Waals surface area contributed by atoms with Gasteiger partial charge in [-0.1, -0.05) is 0 Å². The molecule has 0 aromatic carbocycles. The van der Waals surface area contributed by atoms with Crippen LogP contribution in [0.15, 0.2) is 30.6 Å². The molecule has 0 bridgehead atoms. The highest BCUT2D eigenvalue weighted by Gasteiger charge is 2.19. The predicted molar refractivity (Wildman–Crippen MR) is 130 cm³/mol. The second kappa shape index (κ2) is 11.5. The minimum atomic E-state index is -0.407. The molecule has 11 nitrogen and oxygen atoms in total. The van der Waals surface area contributed by atoms with Crippen LogP contribution in [0.4, 0.5) is 11.5 Å². The lowest BCUT2D eigenvalue weighted by Crippen LogP contribution is -2.38. The molecule has 0 radical (unpaired) electrons. The Labute approximate surface area is 202 Å². The first kappa shape index (κ1) is 24.3. The summed E-state index contributed by atoms with van der Waals surface area (Å²) in [6, 6.07) is 7.13. The van der Waals surface area contributed by atoms with Crippen molar-refractivity contribution in [1.29, 1.82) is 5.26 Å². The van der Waals surface area contributed by atoms with E-state index in [9.17, 15) is 14.9 Å². The number of carbonyl (C=O) groups is 2. The SMILES string of the molecule is COCCNc1cc(NC(=O)c2cn(CCN3CCOCC3)c3ccc(C=O)nc23)ncc1C#N. The number of anilines is 2. The number of ether oxygens (including phenoxy) is 2. The van der Waals surface area contributed by atoms with Crippen molar-refractivity contribution in [1.82, 2.24) is 19.4 Å². The fourth-order valence-corrected chi connectivity index (χ4v) is 3.90. The zero-order valence-corrected chi connectivity index (χ0v) is 19.5. The molecule has 35 heavy (non-hydrogen) atoms. The van der Waals surface area contributed by atoms with E-state index in [1.807, 2.05) is 4.57 Å². The van der Waals surface area contributed by atoms with Crippen molar-refractivity contribution in [3.8, 4) is 6.07 Å². The van der Waals surface area contributed by atoms with E-state index in [4.69, 9.17) is 9.47 Å². The first-order chi connectivity index (χ1) is 17.1. The summed E-state index contributed by atoms with van der Waals surface area (Å²) in [5.41, 5.74) is 2.70. The number of fused-ring (bicyclic) bond motifs is 1. The molecule has 11 heteroatoms. The molecule has 4 heterocycles. The topological polar surface area (TPSA) is 134 Å². The van der Waals surface area contributed by atoms with Gasteiger partial charge in [0.25, 0.3) is 5.91 Å². The van der Waals surface area contributed by atoms with Gasteiger partial charge in [0, 0.05) is 58.3 Å². The van der Waals surface area contributed by atoms with Crippen LogP contribution in [0.1, 0.15) is 26.4 Å². The lowest BCUT2D eigenvalue weighted by Gasteiger charge is -2.26. The van der Waals surface area contributed by atoms with Gasteiger partial charge in [-0.2, -0.15) is 5.26 Å². The fraction of sp³-hybridized carbons (Fsp3) is 0.375. The smallest absolute Gasteiger partial charge is 0.260 e. The molecule has 0 saturated carbocycles. The highest BCUT2D eigenvalue weighted by Crippen LogP contribution is 2.23. The van der Waals surface area contributed by atoms with Crippen molar-refractivity contribution in [2.24, 2.45) is 0 Å². The van der Waals surface area contributed by atoms with Gasteiger partial charge in [-0.15, -0.1) is 0 Å². The van der Waals surface area contributed by atoms with Crippen LogP contribution < -0.4 is 10.6 Å². The summed E-state index contributed by atoms with van der Waals surface area (Å²) in [7, 11) is 1.59. The van der Waals surface area contributed by atoms with Crippen LogP contribution >= 0.6 is 0 Å². The van der Waals surface area contributed by atoms with E-state index in [1.54, 1.807) is 31.5 Å². The zero-order valence-electron chi connectivity index (χ0n) is 19.5. The number of carbonyl (C=O) groups excluding carboxylic acids is 2. The number of nitrogens with one attached hydrogen (secondary N) is 2. The quantitative estimate of drug-likeness (QED) is 0.331. The number of hydrogen-bond donors (Lipinski definition) is 2. The predicted octanol–water partition coefficient (Wildman–Crippen LogP) is 1.76. The van der Waals surface area contributed by atoms with Crippen LogP contribution in [0.2, 0.25) is 0 Å². The van der Waals surface area contributed by atoms with Crippen molar-refractivity contribution in [3.05, 3.63) is 47.4 Å². The molecular formula is C24H27N7O4. The summed E-state index contributed by atoms with van der Waals surface area (Å²) in [5.74, 6) is -0.120. The summed E-state index contributed by atoms with van der Waals surface area (Å²) < 4.78 is 12.4. The van der Waals surface area contributed by atoms with Crippen LogP contribution in [0, 0.1) is 11.3 Å². The van der Waals surface area contributed by atoms with Gasteiger partial charge >= 0.3 is 0 Å². The molecule has 1 fully saturated rings. The zero-order chi connectivity index (χ0) is 24.6. The lowest BCUT2D eigenvalue weighted by molar-refractivity contribution is 0.0365. The van der Waals surface area contributed by atoms with Crippen LogP contribution in [-0.4, -0.2) is 84.7 Å².